The Morgan fingerprint density at radius 3 is 1.57 bits per heavy atom. The third-order valence-corrected chi connectivity index (χ3v) is 4.58. The molecule has 0 spiro atoms. The Kier molecular flexibility index (Phi) is 7.98. The number of rotatable bonds is 0. The van der Waals surface area contributed by atoms with Gasteiger partial charge in [0, 0.05) is 54.1 Å². The molecule has 3 nitrogen and oxygen atoms in total. The van der Waals surface area contributed by atoms with Crippen molar-refractivity contribution in [2.75, 3.05) is 0 Å². The van der Waals surface area contributed by atoms with Crippen LogP contribution >= 0.6 is 0 Å². The fourth-order valence-corrected chi connectivity index (χ4v) is 2.83. The second-order valence-corrected chi connectivity index (χ2v) is 10.4. The van der Waals surface area contributed by atoms with Crippen LogP contribution in [-0.4, -0.2) is 14.5 Å². The Balaban J connectivity index is 0.000000210. The van der Waals surface area contributed by atoms with Crippen LogP contribution in [0.25, 0.3) is 0 Å². The molecular formula is C25H41N3. The first kappa shape index (κ1) is 23.9. The summed E-state index contributed by atoms with van der Waals surface area (Å²) in [7, 11) is 2.08. The SMILES string of the molecule is CC(C)(C)c1cc[nH]c1.CC(C)(C)c1ccc[nH]1.Cn1cccc1C(C)(C)C. The third-order valence-electron chi connectivity index (χ3n) is 4.58. The van der Waals surface area contributed by atoms with Crippen LogP contribution in [0, 0.1) is 0 Å². The standard InChI is InChI=1S/C9H15N.2C8H13N/c1-9(2,3)8-6-5-7-10(8)4;1-8(2,3)7-4-5-9-6-7;1-8(2,3)7-5-4-6-9-7/h5-7H,1-4H3;2*4-6,9H,1-3H3. The molecule has 3 heteroatoms. The number of aromatic nitrogens is 3. The average molecular weight is 384 g/mol. The molecule has 0 bridgehead atoms. The van der Waals surface area contributed by atoms with Crippen LogP contribution in [0.2, 0.25) is 0 Å². The first-order chi connectivity index (χ1) is 12.7. The molecule has 2 N–H and O–H groups in total. The van der Waals surface area contributed by atoms with Gasteiger partial charge in [-0.15, -0.1) is 0 Å². The molecule has 3 aromatic heterocycles. The van der Waals surface area contributed by atoms with Gasteiger partial charge in [-0.3, -0.25) is 0 Å². The molecule has 3 heterocycles. The van der Waals surface area contributed by atoms with E-state index in [1.165, 1.54) is 17.0 Å². The Morgan fingerprint density at radius 2 is 1.36 bits per heavy atom. The first-order valence-electron chi connectivity index (χ1n) is 10.1. The van der Waals surface area contributed by atoms with E-state index < -0.39 is 0 Å². The third kappa shape index (κ3) is 7.84. The van der Waals surface area contributed by atoms with Gasteiger partial charge >= 0.3 is 0 Å². The van der Waals surface area contributed by atoms with E-state index in [1.54, 1.807) is 0 Å². The van der Waals surface area contributed by atoms with Gasteiger partial charge in [0.1, 0.15) is 0 Å². The Hall–Kier alpha value is -2.16. The minimum absolute atomic E-state index is 0.267. The van der Waals surface area contributed by atoms with E-state index in [-0.39, 0.29) is 10.8 Å². The maximum atomic E-state index is 3.18. The lowest BCUT2D eigenvalue weighted by molar-refractivity contribution is 0.543. The molecule has 0 aliphatic heterocycles. The number of hydrogen-bond donors (Lipinski definition) is 2. The number of nitrogens with one attached hydrogen (secondary N) is 2. The summed E-state index contributed by atoms with van der Waals surface area (Å²) in [5.41, 5.74) is 4.87. The van der Waals surface area contributed by atoms with Crippen LogP contribution < -0.4 is 0 Å². The maximum Gasteiger partial charge on any atom is 0.0225 e. The molecular weight excluding hydrogens is 342 g/mol. The molecule has 0 aliphatic rings. The van der Waals surface area contributed by atoms with Gasteiger partial charge in [0.05, 0.1) is 0 Å². The first-order valence-corrected chi connectivity index (χ1v) is 10.1. The van der Waals surface area contributed by atoms with E-state index >= 15 is 0 Å². The van der Waals surface area contributed by atoms with Crippen molar-refractivity contribution in [2.24, 2.45) is 7.05 Å². The molecule has 3 rings (SSSR count). The molecule has 0 aliphatic carbocycles. The van der Waals surface area contributed by atoms with Gasteiger partial charge < -0.3 is 14.5 Å². The van der Waals surface area contributed by atoms with Crippen molar-refractivity contribution < 1.29 is 0 Å². The second kappa shape index (κ2) is 9.36. The minimum atomic E-state index is 0.267. The maximum absolute atomic E-state index is 3.18. The molecule has 0 atom stereocenters. The quantitative estimate of drug-likeness (QED) is 0.421. The molecule has 0 saturated carbocycles. The fourth-order valence-electron chi connectivity index (χ4n) is 2.83. The summed E-state index contributed by atoms with van der Waals surface area (Å²) in [5.74, 6) is 0. The van der Waals surface area contributed by atoms with E-state index in [4.69, 9.17) is 0 Å². The molecule has 0 amide bonds. The van der Waals surface area contributed by atoms with Gasteiger partial charge in [0.25, 0.3) is 0 Å². The van der Waals surface area contributed by atoms with Crippen molar-refractivity contribution >= 4 is 0 Å². The lowest BCUT2D eigenvalue weighted by Crippen LogP contribution is -2.15. The lowest BCUT2D eigenvalue weighted by Gasteiger charge is -2.19. The number of nitrogens with zero attached hydrogens (tertiary/aromatic N) is 1. The number of aryl methyl sites for hydroxylation is 1. The highest BCUT2D eigenvalue weighted by molar-refractivity contribution is 5.18. The van der Waals surface area contributed by atoms with Gasteiger partial charge in [0.2, 0.25) is 0 Å². The Labute approximate surface area is 172 Å². The van der Waals surface area contributed by atoms with Crippen molar-refractivity contribution in [2.45, 2.75) is 78.6 Å². The molecule has 3 aromatic rings. The normalized spacial score (nSPS) is 11.9. The second-order valence-electron chi connectivity index (χ2n) is 10.4. The summed E-state index contributed by atoms with van der Waals surface area (Å²) in [6.07, 6.45) is 8.04. The summed E-state index contributed by atoms with van der Waals surface area (Å²) < 4.78 is 2.17. The van der Waals surface area contributed by atoms with Crippen LogP contribution in [0.3, 0.4) is 0 Å². The van der Waals surface area contributed by atoms with Crippen molar-refractivity contribution in [3.05, 3.63) is 72.1 Å². The molecule has 0 saturated heterocycles. The minimum Gasteiger partial charge on any atom is -0.367 e. The van der Waals surface area contributed by atoms with E-state index in [9.17, 15) is 0 Å². The highest BCUT2D eigenvalue weighted by Gasteiger charge is 2.15. The van der Waals surface area contributed by atoms with Gasteiger partial charge in [-0.2, -0.15) is 0 Å². The van der Waals surface area contributed by atoms with Gasteiger partial charge in [-0.25, -0.2) is 0 Å². The van der Waals surface area contributed by atoms with Crippen LogP contribution in [-0.2, 0) is 23.3 Å². The molecule has 28 heavy (non-hydrogen) atoms. The molecule has 0 fully saturated rings. The number of H-pyrrole nitrogens is 2. The van der Waals surface area contributed by atoms with Gasteiger partial charge in [-0.1, -0.05) is 62.3 Å². The topological polar surface area (TPSA) is 36.5 Å². The van der Waals surface area contributed by atoms with E-state index in [0.29, 0.717) is 5.41 Å². The highest BCUT2D eigenvalue weighted by atomic mass is 14.9. The van der Waals surface area contributed by atoms with Gasteiger partial charge in [0.15, 0.2) is 0 Å². The van der Waals surface area contributed by atoms with E-state index in [1.807, 2.05) is 24.7 Å². The summed E-state index contributed by atoms with van der Waals surface area (Å²) in [6, 6.07) is 10.5. The summed E-state index contributed by atoms with van der Waals surface area (Å²) in [4.78, 5) is 6.21. The van der Waals surface area contributed by atoms with Crippen molar-refractivity contribution in [1.29, 1.82) is 0 Å². The number of aromatic amines is 2. The predicted octanol–water partition coefficient (Wildman–Crippen LogP) is 6.95. The van der Waals surface area contributed by atoms with E-state index in [0.717, 1.165) is 0 Å². The molecule has 0 aromatic carbocycles. The van der Waals surface area contributed by atoms with E-state index in [2.05, 4.69) is 114 Å². The zero-order chi connectivity index (χ0) is 21.6. The molecule has 0 radical (unpaired) electrons. The summed E-state index contributed by atoms with van der Waals surface area (Å²) >= 11 is 0. The Bertz CT molecular complexity index is 724. The Morgan fingerprint density at radius 1 is 0.714 bits per heavy atom. The van der Waals surface area contributed by atoms with Gasteiger partial charge in [-0.05, 0) is 41.3 Å². The number of hydrogen-bond acceptors (Lipinski definition) is 0. The van der Waals surface area contributed by atoms with Crippen LogP contribution in [0.15, 0.2) is 55.1 Å². The van der Waals surface area contributed by atoms with Crippen molar-refractivity contribution in [3.8, 4) is 0 Å². The van der Waals surface area contributed by atoms with Crippen molar-refractivity contribution in [3.63, 3.8) is 0 Å². The summed E-state index contributed by atoms with van der Waals surface area (Å²) in [5, 5.41) is 0. The van der Waals surface area contributed by atoms with Crippen LogP contribution in [0.1, 0.15) is 79.3 Å². The smallest absolute Gasteiger partial charge is 0.0225 e. The molecule has 156 valence electrons. The highest BCUT2D eigenvalue weighted by Crippen LogP contribution is 2.21. The zero-order valence-corrected chi connectivity index (χ0v) is 19.6. The monoisotopic (exact) mass is 383 g/mol. The predicted molar refractivity (Wildman–Crippen MR) is 123 cm³/mol. The van der Waals surface area contributed by atoms with Crippen LogP contribution in [0.5, 0.6) is 0 Å². The summed E-state index contributed by atoms with van der Waals surface area (Å²) in [6.45, 7) is 19.9. The average Bonchev–Trinajstić information content (AvgIpc) is 3.29. The van der Waals surface area contributed by atoms with Crippen molar-refractivity contribution in [1.82, 2.24) is 14.5 Å². The zero-order valence-electron chi connectivity index (χ0n) is 19.6. The fraction of sp³-hybridized carbons (Fsp3) is 0.520. The van der Waals surface area contributed by atoms with Crippen LogP contribution in [0.4, 0.5) is 0 Å². The molecule has 0 unspecified atom stereocenters. The largest absolute Gasteiger partial charge is 0.367 e. The lowest BCUT2D eigenvalue weighted by atomic mass is 9.89.